The smallest absolute Gasteiger partial charge is 0.198 e. The van der Waals surface area contributed by atoms with E-state index in [0.717, 1.165) is 0 Å². The normalized spacial score (nSPS) is 12.0. The van der Waals surface area contributed by atoms with Gasteiger partial charge in [0, 0.05) is 21.9 Å². The second-order valence-electron chi connectivity index (χ2n) is 9.56. The van der Waals surface area contributed by atoms with Gasteiger partial charge in [0.2, 0.25) is 0 Å². The minimum atomic E-state index is -0.345. The van der Waals surface area contributed by atoms with Crippen molar-refractivity contribution in [1.82, 2.24) is 0 Å². The van der Waals surface area contributed by atoms with Crippen molar-refractivity contribution in [1.29, 1.82) is 0 Å². The third-order valence-corrected chi connectivity index (χ3v) is 6.96. The molecule has 1 aliphatic rings. The van der Waals surface area contributed by atoms with Crippen molar-refractivity contribution in [2.45, 2.75) is 0 Å². The molecule has 196 valence electrons. The Bertz CT molecular complexity index is 1930. The van der Waals surface area contributed by atoms with Crippen molar-refractivity contribution >= 4 is 22.3 Å². The Labute approximate surface area is 236 Å². The van der Waals surface area contributed by atoms with Gasteiger partial charge >= 0.3 is 0 Å². The molecule has 0 spiro atoms. The first-order chi connectivity index (χ1) is 20.2. The van der Waals surface area contributed by atoms with E-state index in [1.54, 1.807) is 18.2 Å². The van der Waals surface area contributed by atoms with Crippen LogP contribution in [0.1, 0.15) is 31.8 Å². The Morgan fingerprint density at radius 1 is 0.366 bits per heavy atom. The number of carbonyl (C=O) groups excluding carboxylic acids is 2. The number of rotatable bonds is 6. The SMILES string of the molecule is O=C1c2ccc(Oc3ccccc3)cc2C(=O)c2c1c(Oc1ccccc1)c1ccccc1c2Oc1ccccc1. The van der Waals surface area contributed by atoms with Crippen molar-refractivity contribution in [3.05, 3.63) is 156 Å². The molecule has 1 aliphatic carbocycles. The molecular formula is C36H22O5. The van der Waals surface area contributed by atoms with Gasteiger partial charge in [0.1, 0.15) is 34.5 Å². The Kier molecular flexibility index (Phi) is 6.02. The first-order valence-corrected chi connectivity index (χ1v) is 13.2. The van der Waals surface area contributed by atoms with Crippen LogP contribution in [-0.2, 0) is 0 Å². The lowest BCUT2D eigenvalue weighted by Crippen LogP contribution is -2.23. The van der Waals surface area contributed by atoms with Gasteiger partial charge in [0.25, 0.3) is 0 Å². The lowest BCUT2D eigenvalue weighted by atomic mass is 9.81. The first kappa shape index (κ1) is 24.4. The highest BCUT2D eigenvalue weighted by Crippen LogP contribution is 2.48. The molecule has 0 saturated heterocycles. The summed E-state index contributed by atoms with van der Waals surface area (Å²) in [5, 5.41) is 1.32. The second-order valence-corrected chi connectivity index (χ2v) is 9.56. The standard InChI is InChI=1S/C36H22O5/c37-33-27-21-20-26(39-23-12-4-1-5-13-23)22-30(27)34(38)32-31(33)35(40-24-14-6-2-7-15-24)28-18-10-11-19-29(28)36(32)41-25-16-8-3-9-17-25/h1-22H. The van der Waals surface area contributed by atoms with Crippen LogP contribution in [0.2, 0.25) is 0 Å². The predicted octanol–water partition coefficient (Wildman–Crippen LogP) is 8.99. The number of fused-ring (bicyclic) bond motifs is 3. The number of hydrogen-bond acceptors (Lipinski definition) is 5. The molecule has 5 heteroatoms. The molecule has 0 amide bonds. The number of benzene rings is 6. The molecule has 0 fully saturated rings. The molecule has 0 radical (unpaired) electrons. The van der Waals surface area contributed by atoms with Crippen molar-refractivity contribution < 1.29 is 23.8 Å². The average Bonchev–Trinajstić information content (AvgIpc) is 3.02. The van der Waals surface area contributed by atoms with Crippen LogP contribution in [0.5, 0.6) is 34.5 Å². The highest BCUT2D eigenvalue weighted by Gasteiger charge is 2.38. The predicted molar refractivity (Wildman–Crippen MR) is 157 cm³/mol. The maximum atomic E-state index is 14.4. The number of hydrogen-bond donors (Lipinski definition) is 0. The first-order valence-electron chi connectivity index (χ1n) is 13.2. The maximum absolute atomic E-state index is 14.4. The van der Waals surface area contributed by atoms with Crippen LogP contribution in [0.25, 0.3) is 10.8 Å². The summed E-state index contributed by atoms with van der Waals surface area (Å²) >= 11 is 0. The van der Waals surface area contributed by atoms with Crippen LogP contribution in [0.15, 0.2) is 133 Å². The molecule has 7 rings (SSSR count). The van der Waals surface area contributed by atoms with Gasteiger partial charge in [-0.05, 0) is 54.6 Å². The minimum Gasteiger partial charge on any atom is -0.457 e. The fraction of sp³-hybridized carbons (Fsp3) is 0. The Morgan fingerprint density at radius 3 is 1.27 bits per heavy atom. The van der Waals surface area contributed by atoms with Gasteiger partial charge in [-0.25, -0.2) is 0 Å². The highest BCUT2D eigenvalue weighted by atomic mass is 16.5. The minimum absolute atomic E-state index is 0.160. The summed E-state index contributed by atoms with van der Waals surface area (Å²) in [4.78, 5) is 28.6. The number of carbonyl (C=O) groups is 2. The summed E-state index contributed by atoms with van der Waals surface area (Å²) in [5.41, 5.74) is 0.858. The van der Waals surface area contributed by atoms with E-state index < -0.39 is 0 Å². The number of ketones is 2. The van der Waals surface area contributed by atoms with E-state index in [4.69, 9.17) is 14.2 Å². The van der Waals surface area contributed by atoms with Crippen molar-refractivity contribution in [2.24, 2.45) is 0 Å². The molecule has 5 nitrogen and oxygen atoms in total. The molecule has 0 saturated carbocycles. The van der Waals surface area contributed by atoms with Gasteiger partial charge in [0.05, 0.1) is 11.1 Å². The fourth-order valence-electron chi connectivity index (χ4n) is 5.10. The van der Waals surface area contributed by atoms with E-state index in [1.165, 1.54) is 0 Å². The van der Waals surface area contributed by atoms with Gasteiger partial charge in [-0.3, -0.25) is 9.59 Å². The molecule has 0 aliphatic heterocycles. The van der Waals surface area contributed by atoms with Crippen LogP contribution >= 0.6 is 0 Å². The topological polar surface area (TPSA) is 61.8 Å². The average molecular weight is 535 g/mol. The van der Waals surface area contributed by atoms with Crippen molar-refractivity contribution in [2.75, 3.05) is 0 Å². The molecule has 0 aromatic heterocycles. The van der Waals surface area contributed by atoms with Gasteiger partial charge in [0.15, 0.2) is 11.6 Å². The van der Waals surface area contributed by atoms with Crippen molar-refractivity contribution in [3.63, 3.8) is 0 Å². The van der Waals surface area contributed by atoms with E-state index in [0.29, 0.717) is 45.3 Å². The Morgan fingerprint density at radius 2 is 0.780 bits per heavy atom. The van der Waals surface area contributed by atoms with Gasteiger partial charge < -0.3 is 14.2 Å². The van der Waals surface area contributed by atoms with E-state index in [-0.39, 0.29) is 33.8 Å². The van der Waals surface area contributed by atoms with Crippen LogP contribution in [0, 0.1) is 0 Å². The molecule has 6 aromatic rings. The lowest BCUT2D eigenvalue weighted by Gasteiger charge is -2.25. The largest absolute Gasteiger partial charge is 0.457 e. The Hall–Kier alpha value is -5.68. The van der Waals surface area contributed by atoms with E-state index in [1.807, 2.05) is 115 Å². The van der Waals surface area contributed by atoms with E-state index >= 15 is 0 Å². The molecule has 0 atom stereocenters. The number of ether oxygens (including phenoxy) is 3. The summed E-state index contributed by atoms with van der Waals surface area (Å²) < 4.78 is 18.8. The van der Waals surface area contributed by atoms with Crippen molar-refractivity contribution in [3.8, 4) is 34.5 Å². The quantitative estimate of drug-likeness (QED) is 0.213. The van der Waals surface area contributed by atoms with Crippen LogP contribution in [0.4, 0.5) is 0 Å². The zero-order valence-electron chi connectivity index (χ0n) is 21.7. The summed E-state index contributed by atoms with van der Waals surface area (Å²) in [6.45, 7) is 0. The highest BCUT2D eigenvalue weighted by molar-refractivity contribution is 6.32. The monoisotopic (exact) mass is 534 g/mol. The zero-order valence-corrected chi connectivity index (χ0v) is 21.7. The molecule has 0 heterocycles. The van der Waals surface area contributed by atoms with E-state index in [9.17, 15) is 9.59 Å². The van der Waals surface area contributed by atoms with Crippen LogP contribution in [-0.4, -0.2) is 11.6 Å². The summed E-state index contributed by atoms with van der Waals surface area (Å²) in [7, 11) is 0. The molecule has 6 aromatic carbocycles. The number of para-hydroxylation sites is 3. The summed E-state index contributed by atoms with van der Waals surface area (Å²) in [5.74, 6) is 2.12. The summed E-state index contributed by atoms with van der Waals surface area (Å²) in [6.07, 6.45) is 0. The van der Waals surface area contributed by atoms with Crippen LogP contribution in [0.3, 0.4) is 0 Å². The summed E-state index contributed by atoms with van der Waals surface area (Å²) in [6, 6.07) is 40.1. The van der Waals surface area contributed by atoms with Gasteiger partial charge in [-0.1, -0.05) is 78.9 Å². The van der Waals surface area contributed by atoms with Gasteiger partial charge in [-0.2, -0.15) is 0 Å². The molecule has 0 bridgehead atoms. The molecule has 41 heavy (non-hydrogen) atoms. The zero-order chi connectivity index (χ0) is 27.8. The molecule has 0 N–H and O–H groups in total. The Balaban J connectivity index is 1.46. The third kappa shape index (κ3) is 4.39. The van der Waals surface area contributed by atoms with Crippen LogP contribution < -0.4 is 14.2 Å². The van der Waals surface area contributed by atoms with Gasteiger partial charge in [-0.15, -0.1) is 0 Å². The lowest BCUT2D eigenvalue weighted by molar-refractivity contribution is 0.0975. The maximum Gasteiger partial charge on any atom is 0.198 e. The fourth-order valence-corrected chi connectivity index (χ4v) is 5.10. The molecule has 0 unspecified atom stereocenters. The van der Waals surface area contributed by atoms with E-state index in [2.05, 4.69) is 0 Å². The second kappa shape index (κ2) is 10.1. The third-order valence-electron chi connectivity index (χ3n) is 6.96. The molecular weight excluding hydrogens is 512 g/mol.